The molecule has 0 radical (unpaired) electrons. The Hall–Kier alpha value is -1.56. The molecule has 0 fully saturated rings. The average molecular weight is 274 g/mol. The van der Waals surface area contributed by atoms with Crippen molar-refractivity contribution in [2.45, 2.75) is 31.3 Å². The highest BCUT2D eigenvalue weighted by molar-refractivity contribution is 5.80. The van der Waals surface area contributed by atoms with E-state index in [0.717, 1.165) is 6.07 Å². The zero-order valence-corrected chi connectivity index (χ0v) is 10.3. The molecule has 1 aromatic carbocycles. The van der Waals surface area contributed by atoms with E-state index in [9.17, 15) is 23.1 Å². The Morgan fingerprint density at radius 3 is 2.84 bits per heavy atom. The molecule has 0 saturated carbocycles. The number of halogens is 3. The van der Waals surface area contributed by atoms with E-state index in [1.54, 1.807) is 0 Å². The first-order chi connectivity index (χ1) is 8.84. The van der Waals surface area contributed by atoms with E-state index in [1.165, 1.54) is 19.1 Å². The zero-order valence-electron chi connectivity index (χ0n) is 10.3. The number of benzene rings is 1. The lowest BCUT2D eigenvalue weighted by Crippen LogP contribution is -2.50. The maximum absolute atomic E-state index is 14.1. The lowest BCUT2D eigenvalue weighted by atomic mass is 9.89. The van der Waals surface area contributed by atoms with E-state index in [1.807, 2.05) is 0 Å². The highest BCUT2D eigenvalue weighted by Gasteiger charge is 2.63. The summed E-state index contributed by atoms with van der Waals surface area (Å²) in [6.07, 6.45) is -0.470. The van der Waals surface area contributed by atoms with Crippen molar-refractivity contribution in [3.05, 3.63) is 35.1 Å². The number of carbonyl (C=O) groups is 1. The number of hydrogen-bond acceptors (Lipinski definition) is 3. The lowest BCUT2D eigenvalue weighted by molar-refractivity contribution is -0.216. The second-order valence-electron chi connectivity index (χ2n) is 4.42. The van der Waals surface area contributed by atoms with Gasteiger partial charge in [0, 0.05) is 0 Å². The Bertz CT molecular complexity index is 516. The van der Waals surface area contributed by atoms with E-state index in [-0.39, 0.29) is 24.2 Å². The molecule has 19 heavy (non-hydrogen) atoms. The molecular formula is C13H13F3O3. The van der Waals surface area contributed by atoms with Crippen LogP contribution in [0.2, 0.25) is 0 Å². The predicted molar refractivity (Wildman–Crippen MR) is 60.2 cm³/mol. The number of ether oxygens (including phenoxy) is 1. The summed E-state index contributed by atoms with van der Waals surface area (Å²) in [5, 5.41) is 10.2. The Labute approximate surface area is 108 Å². The fraction of sp³-hybridized carbons (Fsp3) is 0.462. The first-order valence-corrected chi connectivity index (χ1v) is 5.90. The third-order valence-corrected chi connectivity index (χ3v) is 3.35. The Morgan fingerprint density at radius 2 is 2.21 bits per heavy atom. The van der Waals surface area contributed by atoms with Gasteiger partial charge in [0.2, 0.25) is 0 Å². The van der Waals surface area contributed by atoms with Gasteiger partial charge in [0.15, 0.2) is 5.60 Å². The number of rotatable bonds is 3. The molecule has 1 aromatic rings. The van der Waals surface area contributed by atoms with Gasteiger partial charge < -0.3 is 9.84 Å². The van der Waals surface area contributed by atoms with Crippen LogP contribution in [-0.4, -0.2) is 23.6 Å². The Kier molecular flexibility index (Phi) is 3.30. The van der Waals surface area contributed by atoms with Crippen molar-refractivity contribution in [3.63, 3.8) is 0 Å². The maximum Gasteiger partial charge on any atom is 0.380 e. The van der Waals surface area contributed by atoms with Gasteiger partial charge in [0.05, 0.1) is 6.61 Å². The minimum absolute atomic E-state index is 0.0222. The molecule has 0 amide bonds. The summed E-state index contributed by atoms with van der Waals surface area (Å²) in [4.78, 5) is 11.3. The van der Waals surface area contributed by atoms with Crippen LogP contribution in [-0.2, 0) is 21.6 Å². The van der Waals surface area contributed by atoms with Crippen molar-refractivity contribution in [3.8, 4) is 0 Å². The summed E-state index contributed by atoms with van der Waals surface area (Å²) in [5.74, 6) is -6.56. The Morgan fingerprint density at radius 1 is 1.53 bits per heavy atom. The molecule has 0 aromatic heterocycles. The van der Waals surface area contributed by atoms with E-state index in [0.29, 0.717) is 0 Å². The number of hydrogen-bond donors (Lipinski definition) is 1. The third kappa shape index (κ3) is 1.90. The van der Waals surface area contributed by atoms with Gasteiger partial charge in [-0.15, -0.1) is 0 Å². The molecule has 0 aliphatic heterocycles. The van der Waals surface area contributed by atoms with E-state index in [2.05, 4.69) is 4.74 Å². The number of alkyl halides is 2. The van der Waals surface area contributed by atoms with E-state index in [4.69, 9.17) is 0 Å². The normalized spacial score (nSPS) is 22.2. The van der Waals surface area contributed by atoms with Crippen LogP contribution >= 0.6 is 0 Å². The lowest BCUT2D eigenvalue weighted by Gasteiger charge is -2.31. The first-order valence-electron chi connectivity index (χ1n) is 5.90. The summed E-state index contributed by atoms with van der Waals surface area (Å²) in [5.41, 5.74) is -2.93. The highest BCUT2D eigenvalue weighted by Crippen LogP contribution is 2.48. The fourth-order valence-corrected chi connectivity index (χ4v) is 2.36. The average Bonchev–Trinajstić information content (AvgIpc) is 2.71. The van der Waals surface area contributed by atoms with E-state index >= 15 is 0 Å². The molecule has 1 N–H and O–H groups in total. The van der Waals surface area contributed by atoms with Crippen molar-refractivity contribution in [1.29, 1.82) is 0 Å². The summed E-state index contributed by atoms with van der Waals surface area (Å²) < 4.78 is 45.9. The van der Waals surface area contributed by atoms with Crippen LogP contribution in [0.4, 0.5) is 13.2 Å². The third-order valence-electron chi connectivity index (χ3n) is 3.35. The minimum Gasteiger partial charge on any atom is -0.461 e. The first kappa shape index (κ1) is 13.9. The van der Waals surface area contributed by atoms with Gasteiger partial charge in [-0.1, -0.05) is 12.1 Å². The molecule has 0 saturated heterocycles. The molecule has 6 heteroatoms. The second-order valence-corrected chi connectivity index (χ2v) is 4.42. The van der Waals surface area contributed by atoms with Crippen molar-refractivity contribution >= 4 is 5.97 Å². The molecule has 1 aliphatic carbocycles. The largest absolute Gasteiger partial charge is 0.461 e. The van der Waals surface area contributed by atoms with Gasteiger partial charge in [-0.25, -0.2) is 9.18 Å². The molecule has 0 bridgehead atoms. The quantitative estimate of drug-likeness (QED) is 0.859. The van der Waals surface area contributed by atoms with Crippen LogP contribution in [0.15, 0.2) is 18.2 Å². The molecule has 1 aliphatic rings. The van der Waals surface area contributed by atoms with Crippen molar-refractivity contribution < 1.29 is 27.8 Å². The monoisotopic (exact) mass is 274 g/mol. The second kappa shape index (κ2) is 4.52. The fourth-order valence-electron chi connectivity index (χ4n) is 2.36. The summed E-state index contributed by atoms with van der Waals surface area (Å²) in [6, 6.07) is 3.57. The molecule has 104 valence electrons. The number of fused-ring (bicyclic) bond motifs is 1. The standard InChI is InChI=1S/C13H13F3O3/c1-2-19-11(17)13(15,16)12(18)7-6-8-9(12)4-3-5-10(8)14/h3-5,18H,2,6-7H2,1H3. The minimum atomic E-state index is -4.11. The number of aliphatic hydroxyl groups is 1. The predicted octanol–water partition coefficient (Wildman–Crippen LogP) is 2.16. The van der Waals surface area contributed by atoms with Crippen LogP contribution in [0.3, 0.4) is 0 Å². The van der Waals surface area contributed by atoms with Crippen molar-refractivity contribution in [2.24, 2.45) is 0 Å². The number of esters is 1. The molecule has 3 nitrogen and oxygen atoms in total. The van der Waals surface area contributed by atoms with Crippen LogP contribution < -0.4 is 0 Å². The molecule has 1 atom stereocenters. The summed E-state index contributed by atoms with van der Waals surface area (Å²) in [6.45, 7) is 1.17. The van der Waals surface area contributed by atoms with Gasteiger partial charge >= 0.3 is 11.9 Å². The van der Waals surface area contributed by atoms with Gasteiger partial charge in [0.25, 0.3) is 0 Å². The molecular weight excluding hydrogens is 261 g/mol. The van der Waals surface area contributed by atoms with Crippen LogP contribution in [0.25, 0.3) is 0 Å². The molecule has 2 rings (SSSR count). The van der Waals surface area contributed by atoms with Crippen LogP contribution in [0.1, 0.15) is 24.5 Å². The van der Waals surface area contributed by atoms with Crippen molar-refractivity contribution in [1.82, 2.24) is 0 Å². The summed E-state index contributed by atoms with van der Waals surface area (Å²) in [7, 11) is 0. The summed E-state index contributed by atoms with van der Waals surface area (Å²) >= 11 is 0. The SMILES string of the molecule is CCOC(=O)C(F)(F)C1(O)CCc2c(F)cccc21. The van der Waals surface area contributed by atoms with Gasteiger partial charge in [0.1, 0.15) is 5.82 Å². The smallest absolute Gasteiger partial charge is 0.380 e. The highest BCUT2D eigenvalue weighted by atomic mass is 19.3. The molecule has 0 heterocycles. The maximum atomic E-state index is 14.1. The van der Waals surface area contributed by atoms with Gasteiger partial charge in [-0.2, -0.15) is 8.78 Å². The van der Waals surface area contributed by atoms with Gasteiger partial charge in [-0.3, -0.25) is 0 Å². The zero-order chi connectivity index (χ0) is 14.3. The van der Waals surface area contributed by atoms with Crippen molar-refractivity contribution in [2.75, 3.05) is 6.61 Å². The molecule has 1 unspecified atom stereocenters. The topological polar surface area (TPSA) is 46.5 Å². The van der Waals surface area contributed by atoms with E-state index < -0.39 is 29.7 Å². The van der Waals surface area contributed by atoms with Gasteiger partial charge in [-0.05, 0) is 37.0 Å². The van der Waals surface area contributed by atoms with Crippen LogP contribution in [0, 0.1) is 5.82 Å². The van der Waals surface area contributed by atoms with Crippen LogP contribution in [0.5, 0.6) is 0 Å². The Balaban J connectivity index is 2.47. The molecule has 0 spiro atoms. The number of carbonyl (C=O) groups excluding carboxylic acids is 1.